The number of benzene rings is 2. The van der Waals surface area contributed by atoms with Gasteiger partial charge in [-0.2, -0.15) is 0 Å². The van der Waals surface area contributed by atoms with Gasteiger partial charge in [0.15, 0.2) is 16.8 Å². The van der Waals surface area contributed by atoms with Crippen molar-refractivity contribution in [1.82, 2.24) is 9.97 Å². The molecule has 0 saturated carbocycles. The van der Waals surface area contributed by atoms with Crippen LogP contribution in [0.2, 0.25) is 5.02 Å². The molecule has 5 nitrogen and oxygen atoms in total. The lowest BCUT2D eigenvalue weighted by atomic mass is 10.2. The number of aromatic nitrogens is 2. The first-order valence-electron chi connectivity index (χ1n) is 8.04. The Bertz CT molecular complexity index is 1040. The van der Waals surface area contributed by atoms with E-state index in [9.17, 15) is 4.79 Å². The maximum Gasteiger partial charge on any atom is 0.226 e. The van der Waals surface area contributed by atoms with E-state index >= 15 is 0 Å². The molecular formula is C19H14ClN3O2S. The van der Waals surface area contributed by atoms with Crippen LogP contribution in [-0.2, 0) is 11.2 Å². The molecule has 0 saturated heterocycles. The lowest BCUT2D eigenvalue weighted by molar-refractivity contribution is -0.116. The van der Waals surface area contributed by atoms with Gasteiger partial charge < -0.3 is 9.73 Å². The fourth-order valence-corrected chi connectivity index (χ4v) is 3.65. The average Bonchev–Trinajstić information content (AvgIpc) is 3.26. The first-order chi connectivity index (χ1) is 12.7. The van der Waals surface area contributed by atoms with Crippen LogP contribution in [-0.4, -0.2) is 15.9 Å². The van der Waals surface area contributed by atoms with Crippen LogP contribution >= 0.6 is 22.9 Å². The predicted molar refractivity (Wildman–Crippen MR) is 104 cm³/mol. The van der Waals surface area contributed by atoms with E-state index in [1.54, 1.807) is 12.3 Å². The molecule has 2 heterocycles. The van der Waals surface area contributed by atoms with Gasteiger partial charge in [-0.15, -0.1) is 0 Å². The molecule has 0 spiro atoms. The van der Waals surface area contributed by atoms with E-state index in [-0.39, 0.29) is 12.3 Å². The summed E-state index contributed by atoms with van der Waals surface area (Å²) in [5.41, 5.74) is 1.66. The number of rotatable bonds is 5. The maximum atomic E-state index is 12.2. The van der Waals surface area contributed by atoms with Crippen molar-refractivity contribution >= 4 is 44.2 Å². The van der Waals surface area contributed by atoms with Crippen molar-refractivity contribution < 1.29 is 9.21 Å². The number of oxazole rings is 1. The number of nitrogens with zero attached hydrogens (tertiary/aromatic N) is 2. The molecule has 0 aliphatic carbocycles. The number of para-hydroxylation sites is 1. The van der Waals surface area contributed by atoms with Crippen LogP contribution in [0.4, 0.5) is 5.13 Å². The van der Waals surface area contributed by atoms with Crippen LogP contribution in [0.5, 0.6) is 0 Å². The Balaban J connectivity index is 1.38. The van der Waals surface area contributed by atoms with Crippen molar-refractivity contribution in [1.29, 1.82) is 0 Å². The van der Waals surface area contributed by atoms with Gasteiger partial charge >= 0.3 is 0 Å². The van der Waals surface area contributed by atoms with Crippen molar-refractivity contribution in [3.05, 3.63) is 65.6 Å². The van der Waals surface area contributed by atoms with Gasteiger partial charge in [0, 0.05) is 18.4 Å². The number of amides is 1. The summed E-state index contributed by atoms with van der Waals surface area (Å²) >= 11 is 7.62. The van der Waals surface area contributed by atoms with Crippen molar-refractivity contribution in [3.8, 4) is 11.3 Å². The van der Waals surface area contributed by atoms with E-state index in [1.807, 2.05) is 42.5 Å². The van der Waals surface area contributed by atoms with E-state index in [0.29, 0.717) is 28.2 Å². The molecule has 2 aromatic heterocycles. The number of fused-ring (bicyclic) bond motifs is 1. The standard InChI is InChI=1S/C19H14ClN3O2S/c20-13-6-2-1-5-12(13)15-11-21-18(25-15)10-9-17(24)23-19-22-14-7-3-4-8-16(14)26-19/h1-8,11H,9-10H2,(H,22,23,24). The molecule has 7 heteroatoms. The predicted octanol–water partition coefficient (Wildman–Crippen LogP) is 5.18. The van der Waals surface area contributed by atoms with Crippen LogP contribution in [0.3, 0.4) is 0 Å². The normalized spacial score (nSPS) is 11.0. The van der Waals surface area contributed by atoms with Crippen molar-refractivity contribution in [3.63, 3.8) is 0 Å². The molecule has 0 bridgehead atoms. The SMILES string of the molecule is O=C(CCc1ncc(-c2ccccc2Cl)o1)Nc1nc2ccccc2s1. The van der Waals surface area contributed by atoms with E-state index in [4.69, 9.17) is 16.0 Å². The summed E-state index contributed by atoms with van der Waals surface area (Å²) in [6.07, 6.45) is 2.29. The Morgan fingerprint density at radius 2 is 1.96 bits per heavy atom. The molecule has 0 aliphatic rings. The third-order valence-corrected chi connectivity index (χ3v) is 5.08. The third kappa shape index (κ3) is 3.61. The minimum absolute atomic E-state index is 0.124. The highest BCUT2D eigenvalue weighted by molar-refractivity contribution is 7.22. The van der Waals surface area contributed by atoms with Crippen molar-refractivity contribution in [2.75, 3.05) is 5.32 Å². The fraction of sp³-hybridized carbons (Fsp3) is 0.105. The fourth-order valence-electron chi connectivity index (χ4n) is 2.54. The van der Waals surface area contributed by atoms with E-state index < -0.39 is 0 Å². The summed E-state index contributed by atoms with van der Waals surface area (Å²) in [4.78, 5) is 20.8. The number of halogens is 1. The summed E-state index contributed by atoms with van der Waals surface area (Å²) < 4.78 is 6.75. The van der Waals surface area contributed by atoms with Gasteiger partial charge in [-0.3, -0.25) is 4.79 Å². The number of thiazole rings is 1. The van der Waals surface area contributed by atoms with Gasteiger partial charge in [0.2, 0.25) is 5.91 Å². The number of carbonyl (C=O) groups excluding carboxylic acids is 1. The Hall–Kier alpha value is -2.70. The number of carbonyl (C=O) groups is 1. The first-order valence-corrected chi connectivity index (χ1v) is 9.23. The maximum absolute atomic E-state index is 12.2. The summed E-state index contributed by atoms with van der Waals surface area (Å²) in [7, 11) is 0. The smallest absolute Gasteiger partial charge is 0.226 e. The number of aryl methyl sites for hydroxylation is 1. The molecule has 0 unspecified atom stereocenters. The summed E-state index contributed by atoms with van der Waals surface area (Å²) in [5.74, 6) is 0.970. The summed E-state index contributed by atoms with van der Waals surface area (Å²) in [5, 5.41) is 4.03. The Kier molecular flexibility index (Phi) is 4.69. The van der Waals surface area contributed by atoms with Crippen molar-refractivity contribution in [2.24, 2.45) is 0 Å². The molecule has 0 atom stereocenters. The molecule has 1 N–H and O–H groups in total. The average molecular weight is 384 g/mol. The quantitative estimate of drug-likeness (QED) is 0.515. The molecular weight excluding hydrogens is 370 g/mol. The Labute approximate surface area is 158 Å². The topological polar surface area (TPSA) is 68.0 Å². The minimum Gasteiger partial charge on any atom is -0.441 e. The van der Waals surface area contributed by atoms with Crippen LogP contribution in [0.1, 0.15) is 12.3 Å². The summed E-state index contributed by atoms with van der Waals surface area (Å²) in [6.45, 7) is 0. The second kappa shape index (κ2) is 7.27. The molecule has 26 heavy (non-hydrogen) atoms. The molecule has 0 radical (unpaired) electrons. The van der Waals surface area contributed by atoms with Gasteiger partial charge in [-0.1, -0.05) is 47.2 Å². The minimum atomic E-state index is -0.124. The highest BCUT2D eigenvalue weighted by Crippen LogP contribution is 2.28. The third-order valence-electron chi connectivity index (χ3n) is 3.80. The molecule has 1 amide bonds. The highest BCUT2D eigenvalue weighted by Gasteiger charge is 2.12. The van der Waals surface area contributed by atoms with Gasteiger partial charge in [-0.25, -0.2) is 9.97 Å². The Morgan fingerprint density at radius 3 is 2.81 bits per heavy atom. The van der Waals surface area contributed by atoms with Gasteiger partial charge in [0.1, 0.15) is 0 Å². The van der Waals surface area contributed by atoms with Crippen LogP contribution in [0.25, 0.3) is 21.5 Å². The van der Waals surface area contributed by atoms with E-state index in [1.165, 1.54) is 11.3 Å². The van der Waals surface area contributed by atoms with Crippen LogP contribution < -0.4 is 5.32 Å². The molecule has 130 valence electrons. The number of hydrogen-bond donors (Lipinski definition) is 1. The number of anilines is 1. The molecule has 4 rings (SSSR count). The molecule has 4 aromatic rings. The van der Waals surface area contributed by atoms with E-state index in [0.717, 1.165) is 15.8 Å². The molecule has 0 fully saturated rings. The first kappa shape index (κ1) is 16.8. The largest absolute Gasteiger partial charge is 0.441 e. The van der Waals surface area contributed by atoms with Crippen LogP contribution in [0, 0.1) is 0 Å². The molecule has 0 aliphatic heterocycles. The van der Waals surface area contributed by atoms with Gasteiger partial charge in [0.05, 0.1) is 21.4 Å². The lowest BCUT2D eigenvalue weighted by Crippen LogP contribution is -2.12. The highest BCUT2D eigenvalue weighted by atomic mass is 35.5. The van der Waals surface area contributed by atoms with Crippen molar-refractivity contribution in [2.45, 2.75) is 12.8 Å². The second-order valence-electron chi connectivity index (χ2n) is 5.63. The van der Waals surface area contributed by atoms with Gasteiger partial charge in [-0.05, 0) is 24.3 Å². The summed E-state index contributed by atoms with van der Waals surface area (Å²) in [6, 6.07) is 15.2. The Morgan fingerprint density at radius 1 is 1.15 bits per heavy atom. The zero-order valence-corrected chi connectivity index (χ0v) is 15.2. The monoisotopic (exact) mass is 383 g/mol. The second-order valence-corrected chi connectivity index (χ2v) is 7.07. The van der Waals surface area contributed by atoms with Gasteiger partial charge in [0.25, 0.3) is 0 Å². The van der Waals surface area contributed by atoms with Crippen LogP contribution in [0.15, 0.2) is 59.1 Å². The number of nitrogens with one attached hydrogen (secondary N) is 1. The zero-order chi connectivity index (χ0) is 17.9. The lowest BCUT2D eigenvalue weighted by Gasteiger charge is -2.00. The van der Waals surface area contributed by atoms with E-state index in [2.05, 4.69) is 15.3 Å². The zero-order valence-electron chi connectivity index (χ0n) is 13.6. The molecule has 2 aromatic carbocycles. The number of hydrogen-bond acceptors (Lipinski definition) is 5.